The highest BCUT2D eigenvalue weighted by molar-refractivity contribution is 5.76. The standard InChI is InChI=1S/C23H31N3O4/c1-29-17-13-11-16(12-14-17)23-24-21(30-25-23)9-4-10-22(28)26-15-5-7-19(26)18-6-2-3-8-20(18)27/h11-14,18-20,27H,2-10,15H2,1H3/t18-,19+,20+/m0/s1. The number of benzene rings is 1. The van der Waals surface area contributed by atoms with E-state index < -0.39 is 0 Å². The zero-order valence-corrected chi connectivity index (χ0v) is 17.6. The maximum Gasteiger partial charge on any atom is 0.226 e. The molecule has 1 aliphatic heterocycles. The molecule has 0 spiro atoms. The lowest BCUT2D eigenvalue weighted by Gasteiger charge is -2.37. The van der Waals surface area contributed by atoms with E-state index >= 15 is 0 Å². The number of hydrogen-bond donors (Lipinski definition) is 1. The zero-order chi connectivity index (χ0) is 20.9. The third-order valence-corrected chi connectivity index (χ3v) is 6.49. The number of amides is 1. The van der Waals surface area contributed by atoms with E-state index in [1.54, 1.807) is 7.11 Å². The van der Waals surface area contributed by atoms with Crippen molar-refractivity contribution in [2.45, 2.75) is 69.9 Å². The van der Waals surface area contributed by atoms with Crippen molar-refractivity contribution in [1.29, 1.82) is 0 Å². The summed E-state index contributed by atoms with van der Waals surface area (Å²) in [5, 5.41) is 14.5. The summed E-state index contributed by atoms with van der Waals surface area (Å²) in [6, 6.07) is 7.71. The molecule has 1 aromatic heterocycles. The van der Waals surface area contributed by atoms with Crippen molar-refractivity contribution in [3.8, 4) is 17.1 Å². The van der Waals surface area contributed by atoms with Crippen molar-refractivity contribution in [2.24, 2.45) is 5.92 Å². The van der Waals surface area contributed by atoms with Crippen molar-refractivity contribution in [1.82, 2.24) is 15.0 Å². The fraction of sp³-hybridized carbons (Fsp3) is 0.609. The van der Waals surface area contributed by atoms with Crippen LogP contribution in [0.4, 0.5) is 0 Å². The quantitative estimate of drug-likeness (QED) is 0.746. The first-order valence-corrected chi connectivity index (χ1v) is 11.1. The average molecular weight is 414 g/mol. The first-order valence-electron chi connectivity index (χ1n) is 11.1. The smallest absolute Gasteiger partial charge is 0.226 e. The molecule has 30 heavy (non-hydrogen) atoms. The van der Waals surface area contributed by atoms with Gasteiger partial charge in [0.05, 0.1) is 13.2 Å². The van der Waals surface area contributed by atoms with Crippen LogP contribution in [-0.4, -0.2) is 51.9 Å². The summed E-state index contributed by atoms with van der Waals surface area (Å²) in [5.41, 5.74) is 0.868. The number of carbonyl (C=O) groups excluding carboxylic acids is 1. The molecule has 0 unspecified atom stereocenters. The lowest BCUT2D eigenvalue weighted by Crippen LogP contribution is -2.45. The van der Waals surface area contributed by atoms with Crippen molar-refractivity contribution < 1.29 is 19.2 Å². The predicted octanol–water partition coefficient (Wildman–Crippen LogP) is 3.61. The van der Waals surface area contributed by atoms with Gasteiger partial charge in [-0.15, -0.1) is 0 Å². The second-order valence-electron chi connectivity index (χ2n) is 8.41. The number of aliphatic hydroxyl groups is 1. The molecular formula is C23H31N3O4. The van der Waals surface area contributed by atoms with Crippen LogP contribution in [0.1, 0.15) is 57.3 Å². The summed E-state index contributed by atoms with van der Waals surface area (Å²) in [6.45, 7) is 0.814. The highest BCUT2D eigenvalue weighted by Gasteiger charge is 2.38. The third-order valence-electron chi connectivity index (χ3n) is 6.49. The Hall–Kier alpha value is -2.41. The Kier molecular flexibility index (Phi) is 6.67. The van der Waals surface area contributed by atoms with E-state index in [2.05, 4.69) is 10.1 Å². The van der Waals surface area contributed by atoms with E-state index in [1.165, 1.54) is 0 Å². The van der Waals surface area contributed by atoms with E-state index in [1.807, 2.05) is 29.2 Å². The van der Waals surface area contributed by atoms with Crippen molar-refractivity contribution >= 4 is 5.91 Å². The van der Waals surface area contributed by atoms with Crippen LogP contribution in [0.2, 0.25) is 0 Å². The minimum Gasteiger partial charge on any atom is -0.497 e. The summed E-state index contributed by atoms with van der Waals surface area (Å²) in [6.07, 6.45) is 7.69. The lowest BCUT2D eigenvalue weighted by molar-refractivity contribution is -0.134. The number of rotatable bonds is 7. The van der Waals surface area contributed by atoms with E-state index in [0.29, 0.717) is 31.0 Å². The Morgan fingerprint density at radius 3 is 2.77 bits per heavy atom. The van der Waals surface area contributed by atoms with Crippen LogP contribution in [-0.2, 0) is 11.2 Å². The van der Waals surface area contributed by atoms with Gasteiger partial charge in [-0.2, -0.15) is 4.98 Å². The van der Waals surface area contributed by atoms with Gasteiger partial charge in [-0.25, -0.2) is 0 Å². The first kappa shape index (κ1) is 20.8. The molecule has 0 bridgehead atoms. The van der Waals surface area contributed by atoms with Gasteiger partial charge in [-0.1, -0.05) is 18.0 Å². The largest absolute Gasteiger partial charge is 0.497 e. The Morgan fingerprint density at radius 2 is 2.00 bits per heavy atom. The number of methoxy groups -OCH3 is 1. The predicted molar refractivity (Wildman–Crippen MR) is 112 cm³/mol. The molecule has 162 valence electrons. The molecule has 4 rings (SSSR count). The number of likely N-dealkylation sites (tertiary alicyclic amines) is 1. The molecular weight excluding hydrogens is 382 g/mol. The molecule has 2 aliphatic rings. The topological polar surface area (TPSA) is 88.7 Å². The average Bonchev–Trinajstić information content (AvgIpc) is 3.44. The molecule has 1 saturated heterocycles. The number of hydrogen-bond acceptors (Lipinski definition) is 6. The van der Waals surface area contributed by atoms with Crippen LogP contribution in [0.15, 0.2) is 28.8 Å². The number of aromatic nitrogens is 2. The maximum atomic E-state index is 12.8. The molecule has 2 heterocycles. The Bertz CT molecular complexity index is 835. The van der Waals surface area contributed by atoms with Gasteiger partial charge in [0.1, 0.15) is 5.75 Å². The van der Waals surface area contributed by atoms with Crippen molar-refractivity contribution in [3.05, 3.63) is 30.2 Å². The van der Waals surface area contributed by atoms with E-state index in [9.17, 15) is 9.90 Å². The second-order valence-corrected chi connectivity index (χ2v) is 8.41. The fourth-order valence-corrected chi connectivity index (χ4v) is 4.88. The molecule has 1 saturated carbocycles. The molecule has 1 amide bonds. The van der Waals surface area contributed by atoms with Gasteiger partial charge in [0.2, 0.25) is 17.6 Å². The monoisotopic (exact) mass is 413 g/mol. The van der Waals surface area contributed by atoms with Crippen LogP contribution in [0, 0.1) is 5.92 Å². The minimum atomic E-state index is -0.257. The van der Waals surface area contributed by atoms with Crippen LogP contribution in [0.3, 0.4) is 0 Å². The summed E-state index contributed by atoms with van der Waals surface area (Å²) in [4.78, 5) is 19.3. The number of carbonyl (C=O) groups is 1. The Balaban J connectivity index is 1.28. The second kappa shape index (κ2) is 9.60. The lowest BCUT2D eigenvalue weighted by atomic mass is 9.80. The molecule has 2 aromatic rings. The molecule has 7 nitrogen and oxygen atoms in total. The Morgan fingerprint density at radius 1 is 1.20 bits per heavy atom. The molecule has 3 atom stereocenters. The number of aliphatic hydroxyl groups excluding tert-OH is 1. The van der Waals surface area contributed by atoms with E-state index in [-0.39, 0.29) is 24.0 Å². The van der Waals surface area contributed by atoms with Gasteiger partial charge in [0, 0.05) is 36.9 Å². The van der Waals surface area contributed by atoms with Gasteiger partial charge in [0.25, 0.3) is 0 Å². The number of nitrogens with zero attached hydrogens (tertiary/aromatic N) is 3. The molecule has 0 radical (unpaired) electrons. The first-order chi connectivity index (χ1) is 14.7. The normalized spacial score (nSPS) is 24.2. The minimum absolute atomic E-state index is 0.185. The number of aryl methyl sites for hydroxylation is 1. The third kappa shape index (κ3) is 4.67. The SMILES string of the molecule is COc1ccc(-c2noc(CCCC(=O)N3CCC[C@@H]3[C@@H]3CCCC[C@H]3O)n2)cc1. The van der Waals surface area contributed by atoms with Crippen LogP contribution in [0.25, 0.3) is 11.4 Å². The van der Waals surface area contributed by atoms with Crippen LogP contribution < -0.4 is 4.74 Å². The van der Waals surface area contributed by atoms with Crippen molar-refractivity contribution in [3.63, 3.8) is 0 Å². The number of ether oxygens (including phenoxy) is 1. The van der Waals surface area contributed by atoms with Gasteiger partial charge >= 0.3 is 0 Å². The highest BCUT2D eigenvalue weighted by atomic mass is 16.5. The Labute approximate surface area is 177 Å². The molecule has 2 fully saturated rings. The highest BCUT2D eigenvalue weighted by Crippen LogP contribution is 2.35. The molecule has 1 N–H and O–H groups in total. The van der Waals surface area contributed by atoms with E-state index in [4.69, 9.17) is 9.26 Å². The molecule has 1 aliphatic carbocycles. The van der Waals surface area contributed by atoms with Crippen LogP contribution in [0.5, 0.6) is 5.75 Å². The van der Waals surface area contributed by atoms with Gasteiger partial charge < -0.3 is 19.3 Å². The van der Waals surface area contributed by atoms with Crippen molar-refractivity contribution in [2.75, 3.05) is 13.7 Å². The summed E-state index contributed by atoms with van der Waals surface area (Å²) in [7, 11) is 1.63. The zero-order valence-electron chi connectivity index (χ0n) is 17.6. The van der Waals surface area contributed by atoms with Crippen LogP contribution >= 0.6 is 0 Å². The maximum absolute atomic E-state index is 12.8. The van der Waals surface area contributed by atoms with Gasteiger partial charge in [-0.05, 0) is 56.4 Å². The van der Waals surface area contributed by atoms with E-state index in [0.717, 1.165) is 56.4 Å². The summed E-state index contributed by atoms with van der Waals surface area (Å²) in [5.74, 6) is 2.31. The molecule has 1 aromatic carbocycles. The molecule has 7 heteroatoms. The fourth-order valence-electron chi connectivity index (χ4n) is 4.88. The van der Waals surface area contributed by atoms with Gasteiger partial charge in [-0.3, -0.25) is 4.79 Å². The summed E-state index contributed by atoms with van der Waals surface area (Å²) >= 11 is 0. The summed E-state index contributed by atoms with van der Waals surface area (Å²) < 4.78 is 10.5. The van der Waals surface area contributed by atoms with Gasteiger partial charge in [0.15, 0.2) is 0 Å².